The SMILES string of the molecule is C.C(=C\c1n[nH]c2ccc(-c3ccnc4ccccc34)cc12)/c1ccccc1.Cn1nc(/C=C/c2ccccc2)c2cc(-c3ccnc4ccccc34)ccc21.Cn1nc(/C=C/c2ccccc2)c2cc(B3OC(C)(C)C(C)(C)O3)ccc21.[HH]. The molecule has 0 unspecified atom stereocenters. The molecule has 13 aromatic rings. The summed E-state index contributed by atoms with van der Waals surface area (Å²) in [4.78, 5) is 8.96. The van der Waals surface area contributed by atoms with Crippen LogP contribution in [-0.4, -0.2) is 58.0 Å². The van der Waals surface area contributed by atoms with Crippen LogP contribution in [0.1, 0.15) is 70.3 Å². The van der Waals surface area contributed by atoms with Crippen LogP contribution in [0, 0.1) is 0 Å². The van der Waals surface area contributed by atoms with Gasteiger partial charge in [0.25, 0.3) is 0 Å². The number of para-hydroxylation sites is 2. The Morgan fingerprint density at radius 3 is 1.36 bits per heavy atom. The van der Waals surface area contributed by atoms with E-state index in [1.54, 1.807) is 0 Å². The van der Waals surface area contributed by atoms with Crippen LogP contribution in [-0.2, 0) is 23.4 Å². The number of fused-ring (bicyclic) bond motifs is 5. The van der Waals surface area contributed by atoms with Crippen LogP contribution < -0.4 is 5.46 Å². The molecule has 1 aliphatic rings. The van der Waals surface area contributed by atoms with E-state index in [1.165, 1.54) is 16.7 Å². The van der Waals surface area contributed by atoms with Crippen molar-refractivity contribution in [3.05, 3.63) is 252 Å². The summed E-state index contributed by atoms with van der Waals surface area (Å²) >= 11 is 0. The van der Waals surface area contributed by atoms with Crippen molar-refractivity contribution in [3.8, 4) is 22.3 Å². The van der Waals surface area contributed by atoms with Gasteiger partial charge in [-0.05, 0) is 145 Å². The fourth-order valence-corrected chi connectivity index (χ4v) is 10.4. The molecule has 410 valence electrons. The zero-order chi connectivity index (χ0) is 56.2. The molecule has 0 amide bonds. The van der Waals surface area contributed by atoms with E-state index in [0.717, 1.165) is 99.3 Å². The first kappa shape index (κ1) is 55.1. The van der Waals surface area contributed by atoms with E-state index in [9.17, 15) is 0 Å². The quantitative estimate of drug-likeness (QED) is 0.143. The summed E-state index contributed by atoms with van der Waals surface area (Å²) in [6, 6.07) is 70.7. The number of H-pyrrole nitrogens is 1. The van der Waals surface area contributed by atoms with Gasteiger partial charge in [-0.25, -0.2) is 0 Å². The Balaban J connectivity index is 0.000000139. The summed E-state index contributed by atoms with van der Waals surface area (Å²) in [6.07, 6.45) is 16.2. The first-order chi connectivity index (χ1) is 39.9. The van der Waals surface area contributed by atoms with E-state index >= 15 is 0 Å². The van der Waals surface area contributed by atoms with Crippen molar-refractivity contribution in [3.63, 3.8) is 0 Å². The standard InChI is InChI=1S/C25H19N3.C24H17N3.C22H25BN2O2.CH4.H2/c1-28-25-14-12-19(20-15-16-26-23-10-6-5-9-21(20)23)17-22(25)24(27-28)13-11-18-7-3-2-4-8-18;1-2-6-17(7-3-1)10-12-23-21-16-18(11-13-24(21)27-26-23)19-14-15-25-22-9-5-4-8-20(19)22;1-21(2)22(3,4)27-23(26-21)17-12-14-20-18(15-17)19(24-25(20)5)13-11-16-9-7-6-8-10-16;;/h2-17H,1H3;1-16H,(H,26,27);6-15H,1-5H3;1H4;1H/b13-11+;12-10+;13-11+;;. The van der Waals surface area contributed by atoms with Gasteiger partial charge in [-0.15, -0.1) is 0 Å². The highest BCUT2D eigenvalue weighted by atomic mass is 16.7. The van der Waals surface area contributed by atoms with Gasteiger partial charge in [0, 0.05) is 54.8 Å². The summed E-state index contributed by atoms with van der Waals surface area (Å²) in [7, 11) is 3.59. The van der Waals surface area contributed by atoms with Gasteiger partial charge in [-0.3, -0.25) is 24.4 Å². The minimum atomic E-state index is -0.370. The van der Waals surface area contributed by atoms with E-state index in [1.807, 2.05) is 109 Å². The van der Waals surface area contributed by atoms with Crippen molar-refractivity contribution < 1.29 is 10.7 Å². The number of benzene rings is 8. The lowest BCUT2D eigenvalue weighted by molar-refractivity contribution is 0.00578. The molecule has 5 aromatic heterocycles. The number of nitrogens with one attached hydrogen (secondary N) is 1. The lowest BCUT2D eigenvalue weighted by atomic mass is 9.78. The summed E-state index contributed by atoms with van der Waals surface area (Å²) < 4.78 is 16.3. The van der Waals surface area contributed by atoms with Crippen molar-refractivity contribution in [2.75, 3.05) is 0 Å². The van der Waals surface area contributed by atoms with E-state index in [-0.39, 0.29) is 27.2 Å². The Morgan fingerprint density at radius 2 is 0.855 bits per heavy atom. The number of aryl methyl sites for hydroxylation is 2. The summed E-state index contributed by atoms with van der Waals surface area (Å²) in [6.45, 7) is 8.29. The average Bonchev–Trinajstić information content (AvgIpc) is 3.16. The van der Waals surface area contributed by atoms with Gasteiger partial charge in [0.15, 0.2) is 0 Å². The molecule has 0 spiro atoms. The third kappa shape index (κ3) is 11.7. The molecule has 0 aliphatic carbocycles. The highest BCUT2D eigenvalue weighted by Crippen LogP contribution is 2.37. The number of aromatic amines is 1. The van der Waals surface area contributed by atoms with Gasteiger partial charge < -0.3 is 9.31 Å². The van der Waals surface area contributed by atoms with E-state index in [0.29, 0.717) is 0 Å². The van der Waals surface area contributed by atoms with Gasteiger partial charge in [0.1, 0.15) is 0 Å². The Bertz CT molecular complexity index is 4480. The summed E-state index contributed by atoms with van der Waals surface area (Å²) in [5.41, 5.74) is 16.6. The fourth-order valence-electron chi connectivity index (χ4n) is 10.4. The highest BCUT2D eigenvalue weighted by Gasteiger charge is 2.51. The number of nitrogens with zero attached hydrogens (tertiary/aromatic N) is 7. The van der Waals surface area contributed by atoms with E-state index < -0.39 is 0 Å². The smallest absolute Gasteiger partial charge is 0.399 e. The molecule has 1 N–H and O–H groups in total. The molecular formula is C72H67BN8O2. The van der Waals surface area contributed by atoms with Crippen LogP contribution >= 0.6 is 0 Å². The Kier molecular flexibility index (Phi) is 15.8. The largest absolute Gasteiger partial charge is 0.494 e. The first-order valence-electron chi connectivity index (χ1n) is 27.6. The maximum Gasteiger partial charge on any atom is 0.494 e. The molecule has 1 fully saturated rings. The van der Waals surface area contributed by atoms with Crippen LogP contribution in [0.4, 0.5) is 0 Å². The van der Waals surface area contributed by atoms with Gasteiger partial charge in [0.2, 0.25) is 0 Å². The van der Waals surface area contributed by atoms with Crippen LogP contribution in [0.3, 0.4) is 0 Å². The number of rotatable bonds is 9. The molecule has 0 atom stereocenters. The van der Waals surface area contributed by atoms with Crippen LogP contribution in [0.25, 0.3) is 113 Å². The average molecular weight is 1090 g/mol. The van der Waals surface area contributed by atoms with Crippen LogP contribution in [0.2, 0.25) is 0 Å². The molecular weight excluding hydrogens is 1020 g/mol. The molecule has 0 radical (unpaired) electrons. The van der Waals surface area contributed by atoms with Gasteiger partial charge in [0.05, 0.1) is 55.9 Å². The second-order valence-electron chi connectivity index (χ2n) is 21.5. The molecule has 83 heavy (non-hydrogen) atoms. The normalized spacial score (nSPS) is 13.7. The number of hydrogen-bond acceptors (Lipinski definition) is 7. The molecule has 0 saturated carbocycles. The second-order valence-corrected chi connectivity index (χ2v) is 21.5. The van der Waals surface area contributed by atoms with Crippen molar-refractivity contribution in [1.29, 1.82) is 0 Å². The Hall–Kier alpha value is -9.81. The van der Waals surface area contributed by atoms with Crippen molar-refractivity contribution in [1.82, 2.24) is 39.7 Å². The number of pyridine rings is 2. The molecule has 1 saturated heterocycles. The van der Waals surface area contributed by atoms with Gasteiger partial charge in [-0.1, -0.05) is 177 Å². The lowest BCUT2D eigenvalue weighted by Crippen LogP contribution is -2.41. The van der Waals surface area contributed by atoms with E-state index in [4.69, 9.17) is 14.4 Å². The Labute approximate surface area is 486 Å². The zero-order valence-electron chi connectivity index (χ0n) is 46.8. The monoisotopic (exact) mass is 1090 g/mol. The van der Waals surface area contributed by atoms with Gasteiger partial charge >= 0.3 is 7.12 Å². The highest BCUT2D eigenvalue weighted by molar-refractivity contribution is 6.62. The molecule has 8 aromatic carbocycles. The van der Waals surface area contributed by atoms with Crippen LogP contribution in [0.15, 0.2) is 219 Å². The number of aromatic nitrogens is 8. The first-order valence-corrected chi connectivity index (χ1v) is 27.6. The maximum absolute atomic E-state index is 6.21. The maximum atomic E-state index is 6.21. The lowest BCUT2D eigenvalue weighted by Gasteiger charge is -2.32. The molecule has 1 aliphatic heterocycles. The summed E-state index contributed by atoms with van der Waals surface area (Å²) in [5.74, 6) is 0. The van der Waals surface area contributed by atoms with Crippen molar-refractivity contribution in [2.24, 2.45) is 14.1 Å². The third-order valence-electron chi connectivity index (χ3n) is 15.5. The minimum absolute atomic E-state index is 0. The molecule has 11 heteroatoms. The van der Waals surface area contributed by atoms with Crippen molar-refractivity contribution in [2.45, 2.75) is 46.3 Å². The number of hydrogen-bond donors (Lipinski definition) is 1. The molecule has 14 rings (SSSR count). The fraction of sp³-hybridized carbons (Fsp3) is 0.125. The molecule has 10 nitrogen and oxygen atoms in total. The third-order valence-corrected chi connectivity index (χ3v) is 15.5. The van der Waals surface area contributed by atoms with Crippen molar-refractivity contribution >= 4 is 104 Å². The summed E-state index contributed by atoms with van der Waals surface area (Å²) in [5, 5.41) is 22.7. The predicted molar refractivity (Wildman–Crippen MR) is 350 cm³/mol. The topological polar surface area (TPSA) is 109 Å². The van der Waals surface area contributed by atoms with Crippen LogP contribution in [0.5, 0.6) is 0 Å². The minimum Gasteiger partial charge on any atom is -0.399 e. The zero-order valence-corrected chi connectivity index (χ0v) is 46.8. The predicted octanol–water partition coefficient (Wildman–Crippen LogP) is 16.8. The second kappa shape index (κ2) is 23.7. The van der Waals surface area contributed by atoms with E-state index in [2.05, 4.69) is 223 Å². The molecule has 6 heterocycles. The molecule has 0 bridgehead atoms. The Morgan fingerprint density at radius 1 is 0.434 bits per heavy atom. The van der Waals surface area contributed by atoms with Gasteiger partial charge in [-0.2, -0.15) is 15.3 Å².